The van der Waals surface area contributed by atoms with Crippen LogP contribution in [0.15, 0.2) is 24.5 Å². The van der Waals surface area contributed by atoms with Crippen LogP contribution in [0.4, 0.5) is 16.9 Å². The Morgan fingerprint density at radius 1 is 0.909 bits per heavy atom. The number of rotatable bonds is 7. The van der Waals surface area contributed by atoms with Crippen LogP contribution >= 0.6 is 0 Å². The van der Waals surface area contributed by atoms with Gasteiger partial charge in [-0.05, 0) is 18.9 Å². The molecule has 0 amide bonds. The fourth-order valence-corrected chi connectivity index (χ4v) is 1.91. The topological polar surface area (TPSA) is 3.88 Å². The normalized spacial score (nSPS) is 14.5. The van der Waals surface area contributed by atoms with Crippen LogP contribution in [-0.2, 0) is 13.5 Å². The zero-order chi connectivity index (χ0) is 17.3. The predicted molar refractivity (Wildman–Crippen MR) is 77.1 cm³/mol. The van der Waals surface area contributed by atoms with Crippen molar-refractivity contribution >= 4 is 19.5 Å². The third-order valence-electron chi connectivity index (χ3n) is 2.82. The Morgan fingerprint density at radius 3 is 1.91 bits per heavy atom. The van der Waals surface area contributed by atoms with Gasteiger partial charge >= 0.3 is 36.4 Å². The number of aromatic nitrogens is 1. The van der Waals surface area contributed by atoms with E-state index in [1.165, 1.54) is 50.5 Å². The van der Waals surface area contributed by atoms with E-state index in [4.69, 9.17) is 0 Å². The van der Waals surface area contributed by atoms with E-state index in [1.54, 1.807) is 0 Å². The summed E-state index contributed by atoms with van der Waals surface area (Å²) in [6.07, 6.45) is 13.9. The number of pyridine rings is 1. The van der Waals surface area contributed by atoms with Crippen LogP contribution in [-0.4, -0.2) is 19.5 Å². The van der Waals surface area contributed by atoms with Crippen molar-refractivity contribution in [3.8, 4) is 0 Å². The summed E-state index contributed by atoms with van der Waals surface area (Å²) >= 11 is -11.2. The Balaban J connectivity index is 0.000000534. The average Bonchev–Trinajstić information content (AvgIpc) is 2.30. The second-order valence-electron chi connectivity index (χ2n) is 5.35. The molecule has 0 atom stereocenters. The average molecular weight is 442 g/mol. The summed E-state index contributed by atoms with van der Waals surface area (Å²) in [4.78, 5) is 0. The van der Waals surface area contributed by atoms with Crippen LogP contribution < -0.4 is 4.57 Å². The van der Waals surface area contributed by atoms with Gasteiger partial charge in [0.2, 0.25) is 0 Å². The van der Waals surface area contributed by atoms with E-state index in [-0.39, 0.29) is 0 Å². The van der Waals surface area contributed by atoms with Crippen molar-refractivity contribution in [3.63, 3.8) is 0 Å². The van der Waals surface area contributed by atoms with Crippen molar-refractivity contribution in [1.29, 1.82) is 0 Å². The first-order chi connectivity index (χ1) is 9.78. The number of aryl methyl sites for hydroxylation is 2. The van der Waals surface area contributed by atoms with Gasteiger partial charge in [-0.25, -0.2) is 4.57 Å². The second-order valence-corrected chi connectivity index (χ2v) is 10.8. The molecule has 0 N–H and O–H groups in total. The van der Waals surface area contributed by atoms with Crippen molar-refractivity contribution in [2.24, 2.45) is 7.05 Å². The Morgan fingerprint density at radius 2 is 1.41 bits per heavy atom. The van der Waals surface area contributed by atoms with Gasteiger partial charge in [-0.3, -0.25) is 0 Å². The van der Waals surface area contributed by atoms with Crippen LogP contribution in [0.2, 0.25) is 0 Å². The molecule has 0 aromatic carbocycles. The van der Waals surface area contributed by atoms with Gasteiger partial charge in [0.1, 0.15) is 7.05 Å². The van der Waals surface area contributed by atoms with E-state index < -0.39 is 19.5 Å². The van der Waals surface area contributed by atoms with Gasteiger partial charge in [-0.1, -0.05) is 39.0 Å². The molecule has 0 spiro atoms. The molecule has 0 bridgehead atoms. The van der Waals surface area contributed by atoms with Crippen LogP contribution in [0.1, 0.15) is 51.0 Å². The van der Waals surface area contributed by atoms with Gasteiger partial charge < -0.3 is 0 Å². The summed E-state index contributed by atoms with van der Waals surface area (Å²) in [5, 5.41) is 0. The minimum absolute atomic E-state index is 1.24. The maximum atomic E-state index is 9.93. The molecule has 0 aliphatic heterocycles. The molecule has 0 fully saturated rings. The van der Waals surface area contributed by atoms with Crippen LogP contribution in [0, 0.1) is 0 Å². The SMILES string of the molecule is CCCCCCCCc1ccc[n+](C)c1.[F][Sb-]([F])([F])([F])([F])[F]. The molecule has 1 aromatic rings. The first-order valence-corrected chi connectivity index (χ1v) is 13.1. The molecular weight excluding hydrogens is 418 g/mol. The molecule has 0 radical (unpaired) electrons. The molecule has 0 saturated carbocycles. The van der Waals surface area contributed by atoms with E-state index in [1.807, 2.05) is 0 Å². The summed E-state index contributed by atoms with van der Waals surface area (Å²) in [6.45, 7) is 2.27. The summed E-state index contributed by atoms with van der Waals surface area (Å²) in [5.41, 5.74) is 1.47. The number of halogens is 6. The number of hydrogen-bond donors (Lipinski definition) is 0. The monoisotopic (exact) mass is 441 g/mol. The second kappa shape index (κ2) is 7.89. The van der Waals surface area contributed by atoms with Gasteiger partial charge in [0.05, 0.1) is 0 Å². The van der Waals surface area contributed by atoms with Crippen molar-refractivity contribution in [3.05, 3.63) is 30.1 Å². The van der Waals surface area contributed by atoms with Crippen LogP contribution in [0.5, 0.6) is 0 Å². The Bertz CT molecular complexity index is 432. The van der Waals surface area contributed by atoms with E-state index in [0.717, 1.165) is 0 Å². The van der Waals surface area contributed by atoms with Crippen molar-refractivity contribution < 1.29 is 21.4 Å². The molecule has 1 nitrogen and oxygen atoms in total. The number of unbranched alkanes of at least 4 members (excludes halogenated alkanes) is 5. The van der Waals surface area contributed by atoms with Crippen molar-refractivity contribution in [2.45, 2.75) is 51.9 Å². The van der Waals surface area contributed by atoms with E-state index in [9.17, 15) is 16.9 Å². The third-order valence-corrected chi connectivity index (χ3v) is 2.82. The number of nitrogens with zero attached hydrogens (tertiary/aromatic N) is 1. The summed E-state index contributed by atoms with van der Waals surface area (Å²) in [5.74, 6) is 0. The summed E-state index contributed by atoms with van der Waals surface area (Å²) in [7, 11) is 2.09. The molecular formula is C14H24F6NSb. The molecule has 1 rings (SSSR count). The zero-order valence-corrected chi connectivity index (χ0v) is 15.5. The van der Waals surface area contributed by atoms with Crippen LogP contribution in [0.3, 0.4) is 0 Å². The van der Waals surface area contributed by atoms with Gasteiger partial charge in [0, 0.05) is 11.6 Å². The molecule has 1 heterocycles. The number of hydrogen-bond acceptors (Lipinski definition) is 0. The zero-order valence-electron chi connectivity index (χ0n) is 12.9. The van der Waals surface area contributed by atoms with Gasteiger partial charge in [-0.2, -0.15) is 0 Å². The van der Waals surface area contributed by atoms with Gasteiger partial charge in [-0.15, -0.1) is 0 Å². The third kappa shape index (κ3) is 21.8. The first-order valence-electron chi connectivity index (χ1n) is 7.28. The molecule has 8 heteroatoms. The van der Waals surface area contributed by atoms with Gasteiger partial charge in [0.25, 0.3) is 0 Å². The quantitative estimate of drug-likeness (QED) is 0.226. The van der Waals surface area contributed by atoms with E-state index >= 15 is 0 Å². The Labute approximate surface area is 130 Å². The molecule has 0 aliphatic rings. The first kappa shape index (κ1) is 21.5. The molecule has 132 valence electrons. The molecule has 0 unspecified atom stereocenters. The van der Waals surface area contributed by atoms with E-state index in [2.05, 4.69) is 43.1 Å². The van der Waals surface area contributed by atoms with Gasteiger partial charge in [0.15, 0.2) is 12.4 Å². The maximum absolute atomic E-state index is 11.2. The Kier molecular flexibility index (Phi) is 7.73. The summed E-state index contributed by atoms with van der Waals surface area (Å²) in [6, 6.07) is 4.36. The molecule has 22 heavy (non-hydrogen) atoms. The van der Waals surface area contributed by atoms with Crippen molar-refractivity contribution in [2.75, 3.05) is 0 Å². The Hall–Kier alpha value is -0.452. The molecule has 0 saturated heterocycles. The molecule has 0 aliphatic carbocycles. The summed E-state index contributed by atoms with van der Waals surface area (Å²) < 4.78 is 61.7. The molecule has 1 aromatic heterocycles. The van der Waals surface area contributed by atoms with Crippen LogP contribution in [0.25, 0.3) is 0 Å². The minimum atomic E-state index is -11.2. The van der Waals surface area contributed by atoms with Crippen molar-refractivity contribution in [1.82, 2.24) is 0 Å². The fraction of sp³-hybridized carbons (Fsp3) is 0.643. The standard InChI is InChI=1S/C14H24N.6FH.Sb/c1-3-4-5-6-7-8-10-14-11-9-12-15(2)13-14;;;;;;;/h9,11-13H,3-8,10H2,1-2H3;6*1H;/q+1;;;;;;;+5/p-6. The fourth-order valence-electron chi connectivity index (χ4n) is 1.91. The predicted octanol–water partition coefficient (Wildman–Crippen LogP) is 5.55. The van der Waals surface area contributed by atoms with E-state index in [0.29, 0.717) is 0 Å².